The highest BCUT2D eigenvalue weighted by molar-refractivity contribution is 9.10. The van der Waals surface area contributed by atoms with E-state index in [1.54, 1.807) is 48.5 Å². The minimum Gasteiger partial charge on any atom is -0.508 e. The van der Waals surface area contributed by atoms with Crippen LogP contribution in [0.3, 0.4) is 0 Å². The predicted octanol–water partition coefficient (Wildman–Crippen LogP) is 4.74. The van der Waals surface area contributed by atoms with Gasteiger partial charge in [0.1, 0.15) is 11.0 Å². The zero-order valence-electron chi connectivity index (χ0n) is 19.0. The van der Waals surface area contributed by atoms with Gasteiger partial charge in [0.05, 0.1) is 19.0 Å². The molecular weight excluding hydrogens is 548 g/mol. The predicted molar refractivity (Wildman–Crippen MR) is 144 cm³/mol. The summed E-state index contributed by atoms with van der Waals surface area (Å²) in [6.07, 6.45) is 1.38. The third-order valence-corrected chi connectivity index (χ3v) is 6.73. The fraction of sp³-hybridized carbons (Fsp3) is 0.120. The molecule has 0 saturated carbocycles. The third-order valence-electron chi connectivity index (χ3n) is 5.08. The summed E-state index contributed by atoms with van der Waals surface area (Å²) in [6.45, 7) is 0. The van der Waals surface area contributed by atoms with Gasteiger partial charge in [-0.2, -0.15) is 5.10 Å². The smallest absolute Gasteiger partial charge is 0.247 e. The molecule has 1 atom stereocenters. The molecule has 3 aromatic carbocycles. The molecule has 0 bridgehead atoms. The van der Waals surface area contributed by atoms with Crippen molar-refractivity contribution in [3.05, 3.63) is 76.8 Å². The summed E-state index contributed by atoms with van der Waals surface area (Å²) in [5.41, 5.74) is 1.65. The molecular formula is C25H21BrN4O5S. The monoisotopic (exact) mass is 568 g/mol. The molecule has 0 aromatic heterocycles. The standard InChI is InChI=1S/C25H21BrN4O5S/c1-35-21-11-15(5-10-20(21)32)14-27-29-25-30(18-3-2-4-19(31)12-18)24(34)22(36-25)13-23(33)28-17-8-6-16(26)7-9-17/h2-12,14,22,31-32H,13H2,1H3,(H,28,33)/b27-14+,29-25+. The first-order chi connectivity index (χ1) is 17.3. The zero-order chi connectivity index (χ0) is 25.7. The molecule has 1 unspecified atom stereocenters. The zero-order valence-corrected chi connectivity index (χ0v) is 21.4. The molecule has 1 heterocycles. The van der Waals surface area contributed by atoms with E-state index < -0.39 is 5.25 Å². The van der Waals surface area contributed by atoms with Crippen molar-refractivity contribution >= 4 is 62.3 Å². The fourth-order valence-corrected chi connectivity index (χ4v) is 4.72. The van der Waals surface area contributed by atoms with E-state index in [2.05, 4.69) is 31.4 Å². The van der Waals surface area contributed by atoms with Gasteiger partial charge in [0.15, 0.2) is 16.7 Å². The van der Waals surface area contributed by atoms with E-state index in [-0.39, 0.29) is 40.7 Å². The normalized spacial score (nSPS) is 16.6. The van der Waals surface area contributed by atoms with Crippen molar-refractivity contribution in [2.45, 2.75) is 11.7 Å². The summed E-state index contributed by atoms with van der Waals surface area (Å²) >= 11 is 4.46. The number of hydrogen-bond donors (Lipinski definition) is 3. The van der Waals surface area contributed by atoms with Crippen LogP contribution in [0, 0.1) is 0 Å². The molecule has 184 valence electrons. The number of benzene rings is 3. The van der Waals surface area contributed by atoms with Crippen LogP contribution in [0.1, 0.15) is 12.0 Å². The Bertz CT molecular complexity index is 1350. The molecule has 3 N–H and O–H groups in total. The maximum Gasteiger partial charge on any atom is 0.247 e. The number of amides is 2. The molecule has 3 aromatic rings. The Morgan fingerprint density at radius 1 is 1.17 bits per heavy atom. The summed E-state index contributed by atoms with van der Waals surface area (Å²) in [7, 11) is 1.44. The number of carbonyl (C=O) groups excluding carboxylic acids is 2. The number of thioether (sulfide) groups is 1. The molecule has 9 nitrogen and oxygen atoms in total. The lowest BCUT2D eigenvalue weighted by atomic mass is 10.2. The highest BCUT2D eigenvalue weighted by Gasteiger charge is 2.40. The summed E-state index contributed by atoms with van der Waals surface area (Å²) in [5, 5.41) is 30.3. The fourth-order valence-electron chi connectivity index (χ4n) is 3.37. The Hall–Kier alpha value is -3.83. The second kappa shape index (κ2) is 11.3. The Kier molecular flexibility index (Phi) is 7.91. The van der Waals surface area contributed by atoms with Gasteiger partial charge in [-0.15, -0.1) is 5.10 Å². The van der Waals surface area contributed by atoms with Gasteiger partial charge in [0, 0.05) is 22.6 Å². The quantitative estimate of drug-likeness (QED) is 0.279. The van der Waals surface area contributed by atoms with Gasteiger partial charge in [-0.25, -0.2) is 0 Å². The molecule has 11 heteroatoms. The number of amidine groups is 1. The molecule has 4 rings (SSSR count). The van der Waals surface area contributed by atoms with Crippen LogP contribution in [-0.4, -0.2) is 45.8 Å². The Morgan fingerprint density at radius 2 is 1.94 bits per heavy atom. The van der Waals surface area contributed by atoms with E-state index in [0.29, 0.717) is 16.9 Å². The average molecular weight is 569 g/mol. The van der Waals surface area contributed by atoms with Gasteiger partial charge < -0.3 is 20.3 Å². The van der Waals surface area contributed by atoms with E-state index in [1.807, 2.05) is 0 Å². The van der Waals surface area contributed by atoms with Gasteiger partial charge in [-0.1, -0.05) is 33.8 Å². The Labute approximate surface area is 219 Å². The molecule has 1 saturated heterocycles. The van der Waals surface area contributed by atoms with Crippen molar-refractivity contribution in [3.8, 4) is 17.2 Å². The van der Waals surface area contributed by atoms with Gasteiger partial charge in [-0.05, 0) is 60.2 Å². The minimum atomic E-state index is -0.731. The molecule has 1 aliphatic heterocycles. The number of aromatic hydroxyl groups is 2. The lowest BCUT2D eigenvalue weighted by Gasteiger charge is -2.16. The molecule has 36 heavy (non-hydrogen) atoms. The summed E-state index contributed by atoms with van der Waals surface area (Å²) < 4.78 is 5.98. The van der Waals surface area contributed by atoms with Gasteiger partial charge >= 0.3 is 0 Å². The summed E-state index contributed by atoms with van der Waals surface area (Å²) in [5.74, 6) is -0.398. The highest BCUT2D eigenvalue weighted by Crippen LogP contribution is 2.35. The topological polar surface area (TPSA) is 124 Å². The number of carbonyl (C=O) groups is 2. The number of hydrogen-bond acceptors (Lipinski definition) is 8. The van der Waals surface area contributed by atoms with Crippen molar-refractivity contribution in [1.29, 1.82) is 0 Å². The first-order valence-electron chi connectivity index (χ1n) is 10.7. The van der Waals surface area contributed by atoms with Crippen LogP contribution in [0.15, 0.2) is 81.4 Å². The van der Waals surface area contributed by atoms with Crippen molar-refractivity contribution in [1.82, 2.24) is 0 Å². The maximum atomic E-state index is 13.3. The Balaban J connectivity index is 1.56. The third kappa shape index (κ3) is 6.04. The lowest BCUT2D eigenvalue weighted by molar-refractivity contribution is -0.121. The van der Waals surface area contributed by atoms with Crippen LogP contribution < -0.4 is 15.0 Å². The van der Waals surface area contributed by atoms with Crippen molar-refractivity contribution in [3.63, 3.8) is 0 Å². The number of nitrogens with one attached hydrogen (secondary N) is 1. The Morgan fingerprint density at radius 3 is 2.67 bits per heavy atom. The number of nitrogens with zero attached hydrogens (tertiary/aromatic N) is 3. The van der Waals surface area contributed by atoms with Gasteiger partial charge in [0.2, 0.25) is 11.8 Å². The van der Waals surface area contributed by atoms with E-state index in [0.717, 1.165) is 16.2 Å². The minimum absolute atomic E-state index is 0.00257. The number of anilines is 2. The summed E-state index contributed by atoms with van der Waals surface area (Å²) in [4.78, 5) is 27.2. The second-order valence-electron chi connectivity index (χ2n) is 7.62. The van der Waals surface area contributed by atoms with Crippen LogP contribution in [-0.2, 0) is 9.59 Å². The van der Waals surface area contributed by atoms with E-state index in [4.69, 9.17) is 4.74 Å². The molecule has 2 amide bonds. The van der Waals surface area contributed by atoms with Gasteiger partial charge in [-0.3, -0.25) is 14.5 Å². The van der Waals surface area contributed by atoms with E-state index >= 15 is 0 Å². The summed E-state index contributed by atoms with van der Waals surface area (Å²) in [6, 6.07) is 18.0. The number of methoxy groups -OCH3 is 1. The molecule has 0 aliphatic carbocycles. The molecule has 1 aliphatic rings. The molecule has 1 fully saturated rings. The number of phenols is 2. The average Bonchev–Trinajstić information content (AvgIpc) is 3.16. The second-order valence-corrected chi connectivity index (χ2v) is 9.70. The van der Waals surface area contributed by atoms with Crippen LogP contribution in [0.4, 0.5) is 11.4 Å². The molecule has 0 spiro atoms. The number of rotatable bonds is 7. The number of phenolic OH excluding ortho intramolecular Hbond substituents is 2. The first kappa shape index (κ1) is 25.3. The maximum absolute atomic E-state index is 13.3. The van der Waals surface area contributed by atoms with Crippen LogP contribution in [0.2, 0.25) is 0 Å². The number of ether oxygens (including phenoxy) is 1. The van der Waals surface area contributed by atoms with Crippen LogP contribution >= 0.6 is 27.7 Å². The van der Waals surface area contributed by atoms with Crippen LogP contribution in [0.25, 0.3) is 0 Å². The van der Waals surface area contributed by atoms with Gasteiger partial charge in [0.25, 0.3) is 0 Å². The lowest BCUT2D eigenvalue weighted by Crippen LogP contribution is -2.33. The SMILES string of the molecule is COc1cc(/C=N/N=C2/SC(CC(=O)Nc3ccc(Br)cc3)C(=O)N2c2cccc(O)c2)ccc1O. The van der Waals surface area contributed by atoms with Crippen molar-refractivity contribution < 1.29 is 24.5 Å². The number of halogens is 1. The van der Waals surface area contributed by atoms with Crippen LogP contribution in [0.5, 0.6) is 17.2 Å². The highest BCUT2D eigenvalue weighted by atomic mass is 79.9. The van der Waals surface area contributed by atoms with Crippen molar-refractivity contribution in [2.24, 2.45) is 10.2 Å². The molecule has 0 radical (unpaired) electrons. The van der Waals surface area contributed by atoms with E-state index in [9.17, 15) is 19.8 Å². The first-order valence-corrected chi connectivity index (χ1v) is 12.3. The van der Waals surface area contributed by atoms with Crippen molar-refractivity contribution in [2.75, 3.05) is 17.3 Å². The van der Waals surface area contributed by atoms with E-state index in [1.165, 1.54) is 36.4 Å². The largest absolute Gasteiger partial charge is 0.508 e.